The van der Waals surface area contributed by atoms with Gasteiger partial charge in [0.15, 0.2) is 0 Å². The van der Waals surface area contributed by atoms with Gasteiger partial charge in [-0.25, -0.2) is 0 Å². The number of hydrogen-bond acceptors (Lipinski definition) is 5. The highest BCUT2D eigenvalue weighted by molar-refractivity contribution is 5.88. The molecule has 1 aliphatic carbocycles. The molecule has 0 N–H and O–H groups in total. The largest absolute Gasteiger partial charge is 0.497 e. The molecule has 1 fully saturated rings. The summed E-state index contributed by atoms with van der Waals surface area (Å²) in [6.45, 7) is 1.38. The average Bonchev–Trinajstić information content (AvgIpc) is 3.01. The Bertz CT molecular complexity index is 1360. The van der Waals surface area contributed by atoms with Crippen molar-refractivity contribution < 1.29 is 14.3 Å². The van der Waals surface area contributed by atoms with Crippen LogP contribution in [0.1, 0.15) is 55.2 Å². The average molecular weight is 553 g/mol. The quantitative estimate of drug-likeness (QED) is 0.167. The minimum atomic E-state index is -0.321. The Morgan fingerprint density at radius 3 is 2.12 bits per heavy atom. The standard InChI is InChI=1S/C36H44N2O3/c1-37(2)26-33(29-20-22-31(39-4)23-21-29)36(24-11-6-12-25-36)41-38(3)34(30-15-7-5-8-16-30)27-40-35-19-13-17-28-14-9-10-18-32(28)35/h5,7-10,13-23,33-34H,6,11-12,24-27H2,1-4H3/t33?,34-/m0/s1. The normalized spacial score (nSPS) is 16.5. The Balaban J connectivity index is 1.46. The van der Waals surface area contributed by atoms with Crippen molar-refractivity contribution in [3.63, 3.8) is 0 Å². The van der Waals surface area contributed by atoms with E-state index in [-0.39, 0.29) is 17.6 Å². The van der Waals surface area contributed by atoms with Crippen LogP contribution in [0, 0.1) is 0 Å². The van der Waals surface area contributed by atoms with Gasteiger partial charge >= 0.3 is 0 Å². The second kappa shape index (κ2) is 13.5. The summed E-state index contributed by atoms with van der Waals surface area (Å²) in [4.78, 5) is 9.53. The Labute approximate surface area is 245 Å². The lowest BCUT2D eigenvalue weighted by Crippen LogP contribution is -2.49. The van der Waals surface area contributed by atoms with Gasteiger partial charge in [-0.3, -0.25) is 4.84 Å². The van der Waals surface area contributed by atoms with Crippen LogP contribution in [-0.2, 0) is 4.84 Å². The van der Waals surface area contributed by atoms with Gasteiger partial charge in [0.05, 0.1) is 18.8 Å². The predicted molar refractivity (Wildman–Crippen MR) is 168 cm³/mol. The number of hydroxylamine groups is 2. The van der Waals surface area contributed by atoms with Crippen LogP contribution in [0.4, 0.5) is 0 Å². The van der Waals surface area contributed by atoms with Crippen molar-refractivity contribution in [2.75, 3.05) is 41.4 Å². The Morgan fingerprint density at radius 2 is 1.41 bits per heavy atom. The van der Waals surface area contributed by atoms with E-state index in [1.54, 1.807) is 7.11 Å². The lowest BCUT2D eigenvalue weighted by atomic mass is 9.72. The van der Waals surface area contributed by atoms with Crippen LogP contribution in [0.2, 0.25) is 0 Å². The summed E-state index contributed by atoms with van der Waals surface area (Å²) < 4.78 is 12.0. The summed E-state index contributed by atoms with van der Waals surface area (Å²) in [6.07, 6.45) is 5.62. The topological polar surface area (TPSA) is 34.2 Å². The van der Waals surface area contributed by atoms with E-state index in [0.29, 0.717) is 6.61 Å². The zero-order valence-corrected chi connectivity index (χ0v) is 25.0. The lowest BCUT2D eigenvalue weighted by molar-refractivity contribution is -0.276. The molecule has 1 saturated carbocycles. The summed E-state index contributed by atoms with van der Waals surface area (Å²) in [5.41, 5.74) is 2.14. The number of methoxy groups -OCH3 is 1. The highest BCUT2D eigenvalue weighted by Crippen LogP contribution is 2.45. The highest BCUT2D eigenvalue weighted by Gasteiger charge is 2.44. The predicted octanol–water partition coefficient (Wildman–Crippen LogP) is 7.88. The van der Waals surface area contributed by atoms with Gasteiger partial charge in [0.25, 0.3) is 0 Å². The molecular weight excluding hydrogens is 508 g/mol. The maximum atomic E-state index is 7.24. The molecular formula is C36H44N2O3. The minimum Gasteiger partial charge on any atom is -0.497 e. The SMILES string of the molecule is COc1ccc(C(CN(C)C)C2(ON(C)[C@@H](COc3cccc4ccccc34)c3ccccc3)CCCCC2)cc1. The smallest absolute Gasteiger partial charge is 0.127 e. The zero-order chi connectivity index (χ0) is 28.7. The molecule has 5 nitrogen and oxygen atoms in total. The molecule has 0 bridgehead atoms. The molecule has 0 radical (unpaired) electrons. The molecule has 5 rings (SSSR count). The molecule has 0 aromatic heterocycles. The van der Waals surface area contributed by atoms with Gasteiger partial charge in [-0.15, -0.1) is 0 Å². The number of nitrogens with zero attached hydrogens (tertiary/aromatic N) is 2. The molecule has 0 spiro atoms. The van der Waals surface area contributed by atoms with E-state index in [9.17, 15) is 0 Å². The van der Waals surface area contributed by atoms with Crippen molar-refractivity contribution in [1.29, 1.82) is 0 Å². The molecule has 0 heterocycles. The third kappa shape index (κ3) is 6.92. The van der Waals surface area contributed by atoms with Gasteiger partial charge in [0.1, 0.15) is 18.1 Å². The number of rotatable bonds is 12. The molecule has 4 aromatic carbocycles. The van der Waals surface area contributed by atoms with Crippen molar-refractivity contribution in [3.8, 4) is 11.5 Å². The fraction of sp³-hybridized carbons (Fsp3) is 0.389. The van der Waals surface area contributed by atoms with Gasteiger partial charge < -0.3 is 14.4 Å². The van der Waals surface area contributed by atoms with E-state index in [0.717, 1.165) is 49.1 Å². The summed E-state index contributed by atoms with van der Waals surface area (Å²) in [6, 6.07) is 33.7. The third-order valence-electron chi connectivity index (χ3n) is 8.50. The van der Waals surface area contributed by atoms with Crippen LogP contribution in [0.5, 0.6) is 11.5 Å². The van der Waals surface area contributed by atoms with Crippen LogP contribution in [-0.4, -0.2) is 57.0 Å². The molecule has 216 valence electrons. The molecule has 2 atom stereocenters. The number of likely N-dealkylation sites (N-methyl/N-ethyl adjacent to an activating group) is 2. The van der Waals surface area contributed by atoms with Crippen LogP contribution in [0.25, 0.3) is 10.8 Å². The maximum Gasteiger partial charge on any atom is 0.127 e. The third-order valence-corrected chi connectivity index (χ3v) is 8.50. The summed E-state index contributed by atoms with van der Waals surface area (Å²) in [5, 5.41) is 4.38. The maximum absolute atomic E-state index is 7.24. The van der Waals surface area contributed by atoms with Crippen molar-refractivity contribution in [2.24, 2.45) is 0 Å². The number of ether oxygens (including phenoxy) is 2. The second-order valence-electron chi connectivity index (χ2n) is 11.6. The zero-order valence-electron chi connectivity index (χ0n) is 25.0. The van der Waals surface area contributed by atoms with Gasteiger partial charge in [0.2, 0.25) is 0 Å². The van der Waals surface area contributed by atoms with E-state index in [4.69, 9.17) is 14.3 Å². The number of fused-ring (bicyclic) bond motifs is 1. The van der Waals surface area contributed by atoms with E-state index >= 15 is 0 Å². The molecule has 0 aliphatic heterocycles. The highest BCUT2D eigenvalue weighted by atomic mass is 16.7. The molecule has 0 saturated heterocycles. The first kappa shape index (κ1) is 29.1. The first-order valence-electron chi connectivity index (χ1n) is 14.9. The first-order chi connectivity index (χ1) is 20.0. The summed E-state index contributed by atoms with van der Waals surface area (Å²) >= 11 is 0. The first-order valence-corrected chi connectivity index (χ1v) is 14.9. The Hall–Kier alpha value is -3.38. The molecule has 1 unspecified atom stereocenters. The number of benzene rings is 4. The van der Waals surface area contributed by atoms with Crippen LogP contribution < -0.4 is 9.47 Å². The van der Waals surface area contributed by atoms with E-state index in [2.05, 4.69) is 128 Å². The Kier molecular flexibility index (Phi) is 9.60. The van der Waals surface area contributed by atoms with Crippen molar-refractivity contribution in [1.82, 2.24) is 9.96 Å². The summed E-state index contributed by atoms with van der Waals surface area (Å²) in [7, 11) is 8.11. The van der Waals surface area contributed by atoms with E-state index < -0.39 is 0 Å². The Morgan fingerprint density at radius 1 is 0.732 bits per heavy atom. The molecule has 0 amide bonds. The van der Waals surface area contributed by atoms with Crippen LogP contribution >= 0.6 is 0 Å². The fourth-order valence-electron chi connectivity index (χ4n) is 6.36. The molecule has 5 heteroatoms. The van der Waals surface area contributed by atoms with Gasteiger partial charge in [-0.1, -0.05) is 98.1 Å². The fourth-order valence-corrected chi connectivity index (χ4v) is 6.36. The van der Waals surface area contributed by atoms with Crippen molar-refractivity contribution in [2.45, 2.75) is 49.7 Å². The van der Waals surface area contributed by atoms with Gasteiger partial charge in [-0.05, 0) is 61.6 Å². The van der Waals surface area contributed by atoms with E-state index in [1.807, 2.05) is 0 Å². The van der Waals surface area contributed by atoms with Crippen molar-refractivity contribution >= 4 is 10.8 Å². The van der Waals surface area contributed by atoms with E-state index in [1.165, 1.54) is 22.9 Å². The molecule has 41 heavy (non-hydrogen) atoms. The monoisotopic (exact) mass is 552 g/mol. The van der Waals surface area contributed by atoms with Crippen LogP contribution in [0.3, 0.4) is 0 Å². The second-order valence-corrected chi connectivity index (χ2v) is 11.6. The molecule has 1 aliphatic rings. The van der Waals surface area contributed by atoms with Gasteiger partial charge in [0, 0.05) is 24.9 Å². The van der Waals surface area contributed by atoms with Gasteiger partial charge in [-0.2, -0.15) is 5.06 Å². The summed E-state index contributed by atoms with van der Waals surface area (Å²) in [5.74, 6) is 1.98. The molecule has 4 aromatic rings. The van der Waals surface area contributed by atoms with Crippen molar-refractivity contribution in [3.05, 3.63) is 108 Å². The minimum absolute atomic E-state index is 0.0788. The lowest BCUT2D eigenvalue weighted by Gasteiger charge is -2.47. The van der Waals surface area contributed by atoms with Crippen LogP contribution in [0.15, 0.2) is 97.1 Å². The number of hydrogen-bond donors (Lipinski definition) is 0.